The van der Waals surface area contributed by atoms with Crippen molar-refractivity contribution < 1.29 is 24.2 Å². The summed E-state index contributed by atoms with van der Waals surface area (Å²) in [6, 6.07) is 7.72. The summed E-state index contributed by atoms with van der Waals surface area (Å²) >= 11 is 0. The van der Waals surface area contributed by atoms with Crippen LogP contribution in [0.1, 0.15) is 42.8 Å². The van der Waals surface area contributed by atoms with Crippen molar-refractivity contribution in [3.63, 3.8) is 0 Å². The SMILES string of the molecule is CC1(C)C2=C(CCC(OCCN(CCO)CCO)=C2)C(=O)c2c1oc1ccccc21. The fourth-order valence-corrected chi connectivity index (χ4v) is 4.52. The van der Waals surface area contributed by atoms with Crippen molar-refractivity contribution in [3.05, 3.63) is 58.6 Å². The zero-order chi connectivity index (χ0) is 21.3. The lowest BCUT2D eigenvalue weighted by Gasteiger charge is -2.34. The Morgan fingerprint density at radius 2 is 1.83 bits per heavy atom. The smallest absolute Gasteiger partial charge is 0.193 e. The van der Waals surface area contributed by atoms with Crippen LogP contribution in [0, 0.1) is 0 Å². The molecule has 0 spiro atoms. The molecule has 0 fully saturated rings. The second-order valence-electron chi connectivity index (χ2n) is 8.40. The molecule has 4 rings (SSSR count). The molecule has 0 bridgehead atoms. The van der Waals surface area contributed by atoms with Crippen LogP contribution in [0.4, 0.5) is 0 Å². The molecule has 2 N–H and O–H groups in total. The van der Waals surface area contributed by atoms with Gasteiger partial charge in [0.25, 0.3) is 0 Å². The molecule has 2 aliphatic carbocycles. The number of allylic oxidation sites excluding steroid dienone is 4. The first kappa shape index (κ1) is 20.8. The molecule has 0 amide bonds. The van der Waals surface area contributed by atoms with Crippen LogP contribution in [0.25, 0.3) is 11.0 Å². The van der Waals surface area contributed by atoms with Gasteiger partial charge in [-0.05, 0) is 38.0 Å². The van der Waals surface area contributed by atoms with Gasteiger partial charge in [0, 0.05) is 42.4 Å². The van der Waals surface area contributed by atoms with Gasteiger partial charge in [-0.2, -0.15) is 0 Å². The monoisotopic (exact) mass is 411 g/mol. The van der Waals surface area contributed by atoms with Crippen molar-refractivity contribution in [1.82, 2.24) is 4.90 Å². The van der Waals surface area contributed by atoms with E-state index in [1.807, 2.05) is 35.2 Å². The first-order valence-corrected chi connectivity index (χ1v) is 10.5. The van der Waals surface area contributed by atoms with E-state index in [1.54, 1.807) is 0 Å². The Labute approximate surface area is 176 Å². The zero-order valence-corrected chi connectivity index (χ0v) is 17.6. The fraction of sp³-hybridized carbons (Fsp3) is 0.458. The number of para-hydroxylation sites is 1. The number of ether oxygens (including phenoxy) is 1. The van der Waals surface area contributed by atoms with Gasteiger partial charge in [0.15, 0.2) is 5.78 Å². The third-order valence-corrected chi connectivity index (χ3v) is 6.12. The summed E-state index contributed by atoms with van der Waals surface area (Å²) in [6.07, 6.45) is 3.35. The van der Waals surface area contributed by atoms with Crippen LogP contribution in [-0.2, 0) is 10.2 Å². The Kier molecular flexibility index (Phi) is 5.82. The topological polar surface area (TPSA) is 83.1 Å². The molecule has 1 aromatic heterocycles. The van der Waals surface area contributed by atoms with Crippen LogP contribution in [0.2, 0.25) is 0 Å². The van der Waals surface area contributed by atoms with E-state index in [-0.39, 0.29) is 19.0 Å². The van der Waals surface area contributed by atoms with Crippen molar-refractivity contribution in [2.45, 2.75) is 32.1 Å². The molecule has 1 aromatic carbocycles. The Morgan fingerprint density at radius 1 is 1.10 bits per heavy atom. The Balaban J connectivity index is 1.57. The minimum absolute atomic E-state index is 0.0507. The summed E-state index contributed by atoms with van der Waals surface area (Å²) in [4.78, 5) is 15.3. The molecule has 2 aromatic rings. The number of Topliss-reactive ketones (excluding diaryl/α,β-unsaturated/α-hetero) is 1. The maximum absolute atomic E-state index is 13.3. The molecule has 0 unspecified atom stereocenters. The Bertz CT molecular complexity index is 1010. The van der Waals surface area contributed by atoms with E-state index in [2.05, 4.69) is 13.8 Å². The molecule has 0 saturated carbocycles. The molecule has 0 saturated heterocycles. The molecule has 6 nitrogen and oxygen atoms in total. The lowest BCUT2D eigenvalue weighted by molar-refractivity contribution is 0.101. The first-order valence-electron chi connectivity index (χ1n) is 10.5. The van der Waals surface area contributed by atoms with Crippen molar-refractivity contribution in [1.29, 1.82) is 0 Å². The molecule has 2 aliphatic rings. The molecule has 1 heterocycles. The average Bonchev–Trinajstić information content (AvgIpc) is 3.14. The number of carbonyl (C=O) groups excluding carboxylic acids is 1. The van der Waals surface area contributed by atoms with Gasteiger partial charge in [0.1, 0.15) is 18.0 Å². The van der Waals surface area contributed by atoms with E-state index in [0.717, 1.165) is 33.6 Å². The maximum Gasteiger partial charge on any atom is 0.193 e. The van der Waals surface area contributed by atoms with Gasteiger partial charge < -0.3 is 19.4 Å². The lowest BCUT2D eigenvalue weighted by atomic mass is 9.69. The molecule has 0 radical (unpaired) electrons. The summed E-state index contributed by atoms with van der Waals surface area (Å²) in [5.41, 5.74) is 2.86. The van der Waals surface area contributed by atoms with E-state index in [1.165, 1.54) is 0 Å². The number of carbonyl (C=O) groups is 1. The Morgan fingerprint density at radius 3 is 2.57 bits per heavy atom. The Hall–Kier alpha value is -2.41. The molecular formula is C24H29NO5. The van der Waals surface area contributed by atoms with Crippen LogP contribution < -0.4 is 0 Å². The number of nitrogens with zero attached hydrogens (tertiary/aromatic N) is 1. The minimum atomic E-state index is -0.424. The van der Waals surface area contributed by atoms with Crippen LogP contribution in [0.15, 0.2) is 51.7 Å². The van der Waals surface area contributed by atoms with Crippen LogP contribution in [0.5, 0.6) is 0 Å². The van der Waals surface area contributed by atoms with E-state index in [0.29, 0.717) is 44.6 Å². The number of hydrogen-bond donors (Lipinski definition) is 2. The summed E-state index contributed by atoms with van der Waals surface area (Å²) in [7, 11) is 0. The van der Waals surface area contributed by atoms with Gasteiger partial charge >= 0.3 is 0 Å². The number of hydrogen-bond acceptors (Lipinski definition) is 6. The zero-order valence-electron chi connectivity index (χ0n) is 17.6. The summed E-state index contributed by atoms with van der Waals surface area (Å²) in [5, 5.41) is 19.2. The predicted molar refractivity (Wildman–Crippen MR) is 114 cm³/mol. The van der Waals surface area contributed by atoms with E-state index in [9.17, 15) is 4.79 Å². The number of benzene rings is 1. The number of rotatable bonds is 8. The third-order valence-electron chi connectivity index (χ3n) is 6.12. The summed E-state index contributed by atoms with van der Waals surface area (Å²) in [5.74, 6) is 1.65. The van der Waals surface area contributed by atoms with Crippen molar-refractivity contribution in [2.75, 3.05) is 39.5 Å². The highest BCUT2D eigenvalue weighted by atomic mass is 16.5. The number of ketones is 1. The minimum Gasteiger partial charge on any atom is -0.497 e. The maximum atomic E-state index is 13.3. The molecule has 30 heavy (non-hydrogen) atoms. The van der Waals surface area contributed by atoms with Gasteiger partial charge in [-0.25, -0.2) is 0 Å². The second kappa shape index (κ2) is 8.38. The van der Waals surface area contributed by atoms with Gasteiger partial charge in [-0.3, -0.25) is 9.69 Å². The van der Waals surface area contributed by atoms with Gasteiger partial charge in [0.05, 0.1) is 24.5 Å². The van der Waals surface area contributed by atoms with Crippen LogP contribution >= 0.6 is 0 Å². The number of aliphatic hydroxyl groups excluding tert-OH is 2. The molecule has 0 aliphatic heterocycles. The number of aliphatic hydroxyl groups is 2. The van der Waals surface area contributed by atoms with Crippen molar-refractivity contribution in [2.24, 2.45) is 0 Å². The van der Waals surface area contributed by atoms with Gasteiger partial charge in [-0.1, -0.05) is 18.2 Å². The van der Waals surface area contributed by atoms with Gasteiger partial charge in [-0.15, -0.1) is 0 Å². The average molecular weight is 411 g/mol. The van der Waals surface area contributed by atoms with Crippen LogP contribution in [-0.4, -0.2) is 60.4 Å². The molecule has 0 atom stereocenters. The van der Waals surface area contributed by atoms with Crippen molar-refractivity contribution >= 4 is 16.8 Å². The first-order chi connectivity index (χ1) is 14.5. The predicted octanol–water partition coefficient (Wildman–Crippen LogP) is 3.18. The quantitative estimate of drug-likeness (QED) is 0.694. The standard InChI is InChI=1S/C24H29NO5/c1-24(2)19-15-16(29-14-11-25(9-12-26)10-13-27)7-8-17(19)22(28)21-18-5-3-4-6-20(18)30-23(21)24/h3-6,15,26-27H,7-14H2,1-2H3. The van der Waals surface area contributed by atoms with Crippen LogP contribution in [0.3, 0.4) is 0 Å². The highest BCUT2D eigenvalue weighted by Crippen LogP contribution is 2.48. The summed E-state index contributed by atoms with van der Waals surface area (Å²) in [6.45, 7) is 6.41. The molecule has 160 valence electrons. The number of fused-ring (bicyclic) bond motifs is 3. The molecular weight excluding hydrogens is 382 g/mol. The number of furan rings is 1. The lowest BCUT2D eigenvalue weighted by Crippen LogP contribution is -2.33. The van der Waals surface area contributed by atoms with Gasteiger partial charge in [0.2, 0.25) is 0 Å². The third kappa shape index (κ3) is 3.60. The van der Waals surface area contributed by atoms with Crippen molar-refractivity contribution in [3.8, 4) is 0 Å². The van der Waals surface area contributed by atoms with E-state index < -0.39 is 5.41 Å². The highest BCUT2D eigenvalue weighted by Gasteiger charge is 2.43. The summed E-state index contributed by atoms with van der Waals surface area (Å²) < 4.78 is 12.2. The normalized spacial score (nSPS) is 17.9. The second-order valence-corrected chi connectivity index (χ2v) is 8.40. The fourth-order valence-electron chi connectivity index (χ4n) is 4.52. The van der Waals surface area contributed by atoms with E-state index >= 15 is 0 Å². The highest BCUT2D eigenvalue weighted by molar-refractivity contribution is 6.19. The molecule has 6 heteroatoms. The van der Waals surface area contributed by atoms with E-state index in [4.69, 9.17) is 19.4 Å². The largest absolute Gasteiger partial charge is 0.497 e.